The maximum Gasteiger partial charge on any atom is 0.218 e. The molecule has 0 aliphatic heterocycles. The lowest BCUT2D eigenvalue weighted by atomic mass is 10.1. The van der Waals surface area contributed by atoms with Crippen molar-refractivity contribution in [1.82, 2.24) is 4.31 Å². The molecule has 0 N–H and O–H groups in total. The van der Waals surface area contributed by atoms with E-state index in [-0.39, 0.29) is 24.8 Å². The SMILES string of the molecule is CC(C)N(CCC#N)S(=O)(=O)Cc1ccccc1C#N. The van der Waals surface area contributed by atoms with Crippen LogP contribution in [-0.2, 0) is 15.8 Å². The van der Waals surface area contributed by atoms with Crippen LogP contribution in [0.4, 0.5) is 0 Å². The van der Waals surface area contributed by atoms with Crippen LogP contribution >= 0.6 is 0 Å². The highest BCUT2D eigenvalue weighted by Crippen LogP contribution is 2.17. The van der Waals surface area contributed by atoms with Crippen LogP contribution in [-0.4, -0.2) is 25.3 Å². The van der Waals surface area contributed by atoms with Crippen LogP contribution in [0.2, 0.25) is 0 Å². The molecule has 0 saturated carbocycles. The molecule has 0 aromatic heterocycles. The number of sulfonamides is 1. The maximum atomic E-state index is 12.4. The van der Waals surface area contributed by atoms with Crippen LogP contribution in [0, 0.1) is 22.7 Å². The second-order valence-electron chi connectivity index (χ2n) is 4.64. The largest absolute Gasteiger partial charge is 0.218 e. The zero-order valence-corrected chi connectivity index (χ0v) is 12.4. The van der Waals surface area contributed by atoms with Crippen molar-refractivity contribution >= 4 is 10.0 Å². The van der Waals surface area contributed by atoms with Crippen molar-refractivity contribution in [3.63, 3.8) is 0 Å². The van der Waals surface area contributed by atoms with Crippen molar-refractivity contribution in [2.75, 3.05) is 6.54 Å². The van der Waals surface area contributed by atoms with Gasteiger partial charge in [0, 0.05) is 19.0 Å². The van der Waals surface area contributed by atoms with Gasteiger partial charge in [0.2, 0.25) is 10.0 Å². The molecule has 1 aromatic rings. The molecule has 0 amide bonds. The number of benzene rings is 1. The van der Waals surface area contributed by atoms with Gasteiger partial charge in [0.05, 0.1) is 23.5 Å². The fourth-order valence-electron chi connectivity index (χ4n) is 1.91. The normalized spacial score (nSPS) is 11.3. The van der Waals surface area contributed by atoms with Gasteiger partial charge in [-0.15, -0.1) is 0 Å². The third-order valence-electron chi connectivity index (χ3n) is 2.85. The predicted octanol–water partition coefficient (Wildman–Crippen LogP) is 2.01. The van der Waals surface area contributed by atoms with Crippen LogP contribution in [0.5, 0.6) is 0 Å². The summed E-state index contributed by atoms with van der Waals surface area (Å²) in [6, 6.07) is 10.4. The lowest BCUT2D eigenvalue weighted by molar-refractivity contribution is 0.360. The molecule has 0 bridgehead atoms. The highest BCUT2D eigenvalue weighted by molar-refractivity contribution is 7.88. The Kier molecular flexibility index (Phi) is 5.69. The fraction of sp³-hybridized carbons (Fsp3) is 0.429. The molecular formula is C14H17N3O2S. The highest BCUT2D eigenvalue weighted by atomic mass is 32.2. The van der Waals surface area contributed by atoms with Gasteiger partial charge in [0.15, 0.2) is 0 Å². The lowest BCUT2D eigenvalue weighted by Crippen LogP contribution is -2.38. The van der Waals surface area contributed by atoms with E-state index in [2.05, 4.69) is 0 Å². The first kappa shape index (κ1) is 16.2. The van der Waals surface area contributed by atoms with E-state index in [0.29, 0.717) is 11.1 Å². The van der Waals surface area contributed by atoms with Crippen LogP contribution in [0.25, 0.3) is 0 Å². The number of rotatable bonds is 6. The van der Waals surface area contributed by atoms with Crippen molar-refractivity contribution in [3.05, 3.63) is 35.4 Å². The Labute approximate surface area is 120 Å². The Morgan fingerprint density at radius 2 is 1.90 bits per heavy atom. The zero-order valence-electron chi connectivity index (χ0n) is 11.6. The van der Waals surface area contributed by atoms with Gasteiger partial charge in [-0.1, -0.05) is 18.2 Å². The number of hydrogen-bond donors (Lipinski definition) is 0. The summed E-state index contributed by atoms with van der Waals surface area (Å²) in [7, 11) is -3.55. The summed E-state index contributed by atoms with van der Waals surface area (Å²) in [6.07, 6.45) is 0.150. The summed E-state index contributed by atoms with van der Waals surface area (Å²) in [5, 5.41) is 17.6. The van der Waals surface area contributed by atoms with E-state index >= 15 is 0 Å². The van der Waals surface area contributed by atoms with E-state index in [1.54, 1.807) is 38.1 Å². The van der Waals surface area contributed by atoms with Crippen molar-refractivity contribution in [2.45, 2.75) is 32.1 Å². The Bertz CT molecular complexity index is 639. The van der Waals surface area contributed by atoms with Gasteiger partial charge in [-0.05, 0) is 25.5 Å². The van der Waals surface area contributed by atoms with Crippen LogP contribution < -0.4 is 0 Å². The highest BCUT2D eigenvalue weighted by Gasteiger charge is 2.25. The molecule has 20 heavy (non-hydrogen) atoms. The average molecular weight is 291 g/mol. The predicted molar refractivity (Wildman–Crippen MR) is 75.9 cm³/mol. The lowest BCUT2D eigenvalue weighted by Gasteiger charge is -2.25. The zero-order chi connectivity index (χ0) is 15.2. The van der Waals surface area contributed by atoms with Crippen molar-refractivity contribution in [3.8, 4) is 12.1 Å². The number of nitrogens with zero attached hydrogens (tertiary/aromatic N) is 3. The Hall–Kier alpha value is -1.89. The third-order valence-corrected chi connectivity index (χ3v) is 4.85. The van der Waals surface area contributed by atoms with Gasteiger partial charge < -0.3 is 0 Å². The molecule has 0 radical (unpaired) electrons. The van der Waals surface area contributed by atoms with E-state index in [1.807, 2.05) is 12.1 Å². The van der Waals surface area contributed by atoms with Crippen LogP contribution in [0.1, 0.15) is 31.4 Å². The van der Waals surface area contributed by atoms with Gasteiger partial charge in [-0.25, -0.2) is 8.42 Å². The summed E-state index contributed by atoms with van der Waals surface area (Å²) < 4.78 is 26.2. The minimum Gasteiger partial charge on any atom is -0.212 e. The molecule has 0 atom stereocenters. The standard InChI is InChI=1S/C14H17N3O2S/c1-12(2)17(9-5-8-15)20(18,19)11-14-7-4-3-6-13(14)10-16/h3-4,6-7,12H,5,9,11H2,1-2H3. The van der Waals surface area contributed by atoms with E-state index in [4.69, 9.17) is 10.5 Å². The minimum absolute atomic E-state index is 0.150. The van der Waals surface area contributed by atoms with E-state index in [1.165, 1.54) is 4.31 Å². The molecule has 1 aromatic carbocycles. The Morgan fingerprint density at radius 3 is 2.45 bits per heavy atom. The number of hydrogen-bond acceptors (Lipinski definition) is 4. The summed E-state index contributed by atoms with van der Waals surface area (Å²) in [6.45, 7) is 3.71. The molecule has 5 nitrogen and oxygen atoms in total. The number of nitriles is 2. The van der Waals surface area contributed by atoms with E-state index < -0.39 is 10.0 Å². The maximum absolute atomic E-state index is 12.4. The van der Waals surface area contributed by atoms with Crippen molar-refractivity contribution < 1.29 is 8.42 Å². The smallest absolute Gasteiger partial charge is 0.212 e. The first-order chi connectivity index (χ1) is 9.42. The average Bonchev–Trinajstić information content (AvgIpc) is 2.38. The Morgan fingerprint density at radius 1 is 1.25 bits per heavy atom. The fourth-order valence-corrected chi connectivity index (χ4v) is 3.74. The monoisotopic (exact) mass is 291 g/mol. The van der Waals surface area contributed by atoms with E-state index in [9.17, 15) is 8.42 Å². The Balaban J connectivity index is 3.04. The van der Waals surface area contributed by atoms with Gasteiger partial charge >= 0.3 is 0 Å². The third kappa shape index (κ3) is 4.06. The molecule has 6 heteroatoms. The van der Waals surface area contributed by atoms with Crippen molar-refractivity contribution in [2.24, 2.45) is 0 Å². The molecule has 0 heterocycles. The molecule has 0 unspecified atom stereocenters. The molecule has 0 spiro atoms. The molecule has 0 aliphatic rings. The molecule has 0 fully saturated rings. The molecule has 106 valence electrons. The van der Waals surface area contributed by atoms with Gasteiger partial charge in [0.1, 0.15) is 0 Å². The second-order valence-corrected chi connectivity index (χ2v) is 6.56. The summed E-state index contributed by atoms with van der Waals surface area (Å²) in [5.41, 5.74) is 0.845. The molecule has 0 saturated heterocycles. The topological polar surface area (TPSA) is 85.0 Å². The molecule has 1 rings (SSSR count). The van der Waals surface area contributed by atoms with Crippen LogP contribution in [0.15, 0.2) is 24.3 Å². The molecular weight excluding hydrogens is 274 g/mol. The van der Waals surface area contributed by atoms with Gasteiger partial charge in [-0.3, -0.25) is 0 Å². The summed E-state index contributed by atoms with van der Waals surface area (Å²) in [4.78, 5) is 0. The van der Waals surface area contributed by atoms with E-state index in [0.717, 1.165) is 0 Å². The minimum atomic E-state index is -3.55. The second kappa shape index (κ2) is 7.04. The first-order valence-corrected chi connectivity index (χ1v) is 7.87. The van der Waals surface area contributed by atoms with Crippen molar-refractivity contribution in [1.29, 1.82) is 10.5 Å². The van der Waals surface area contributed by atoms with Crippen LogP contribution in [0.3, 0.4) is 0 Å². The summed E-state index contributed by atoms with van der Waals surface area (Å²) in [5.74, 6) is -0.222. The van der Waals surface area contributed by atoms with Gasteiger partial charge in [-0.2, -0.15) is 14.8 Å². The van der Waals surface area contributed by atoms with Gasteiger partial charge in [0.25, 0.3) is 0 Å². The summed E-state index contributed by atoms with van der Waals surface area (Å²) >= 11 is 0. The first-order valence-electron chi connectivity index (χ1n) is 6.27. The quantitative estimate of drug-likeness (QED) is 0.802. The molecule has 0 aliphatic carbocycles.